The molecule has 0 atom stereocenters. The second kappa shape index (κ2) is 5.29. The second-order valence-electron chi connectivity index (χ2n) is 3.21. The molecular weight excluding hydrogens is 202 g/mol. The number of hydrogen-bond donors (Lipinski definition) is 2. The highest BCUT2D eigenvalue weighted by Gasteiger charge is 2.29. The summed E-state index contributed by atoms with van der Waals surface area (Å²) in [6.45, 7) is 3.97. The molecule has 0 saturated heterocycles. The molecule has 0 amide bonds. The van der Waals surface area contributed by atoms with E-state index in [9.17, 15) is 8.42 Å². The van der Waals surface area contributed by atoms with Crippen molar-refractivity contribution in [3.8, 4) is 6.07 Å². The highest BCUT2D eigenvalue weighted by atomic mass is 32.2. The Labute approximate surface area is 85.3 Å². The third-order valence-electron chi connectivity index (χ3n) is 2.37. The van der Waals surface area contributed by atoms with Crippen molar-refractivity contribution in [1.29, 1.82) is 5.26 Å². The standard InChI is InChI=1S/C8H17N3O2S/c1-3-8(4-2,7-10)11-14(12,13)6-5-9/h11H,3-4,6-7,10H2,1-2H3. The molecule has 0 aliphatic rings. The van der Waals surface area contributed by atoms with Crippen molar-refractivity contribution in [2.45, 2.75) is 32.2 Å². The first-order valence-electron chi connectivity index (χ1n) is 4.54. The lowest BCUT2D eigenvalue weighted by molar-refractivity contribution is 0.364. The molecule has 0 rings (SSSR count). The molecule has 0 aromatic rings. The highest BCUT2D eigenvalue weighted by Crippen LogP contribution is 2.14. The van der Waals surface area contributed by atoms with Crippen molar-refractivity contribution in [3.05, 3.63) is 0 Å². The number of nitrogens with zero attached hydrogens (tertiary/aromatic N) is 1. The van der Waals surface area contributed by atoms with Crippen LogP contribution in [0.2, 0.25) is 0 Å². The minimum Gasteiger partial charge on any atom is -0.329 e. The number of nitrogens with two attached hydrogens (primary N) is 1. The van der Waals surface area contributed by atoms with E-state index in [0.717, 1.165) is 0 Å². The molecule has 0 aromatic heterocycles. The molecule has 0 heterocycles. The van der Waals surface area contributed by atoms with Gasteiger partial charge in [-0.25, -0.2) is 13.1 Å². The predicted octanol–water partition coefficient (Wildman–Crippen LogP) is -0.0531. The van der Waals surface area contributed by atoms with Crippen LogP contribution in [-0.2, 0) is 10.0 Å². The summed E-state index contributed by atoms with van der Waals surface area (Å²) >= 11 is 0. The highest BCUT2D eigenvalue weighted by molar-refractivity contribution is 7.89. The molecule has 0 aliphatic carbocycles. The third kappa shape index (κ3) is 3.62. The molecule has 6 heteroatoms. The molecule has 3 N–H and O–H groups in total. The number of rotatable bonds is 6. The fourth-order valence-corrected chi connectivity index (χ4v) is 2.45. The quantitative estimate of drug-likeness (QED) is 0.654. The van der Waals surface area contributed by atoms with Crippen LogP contribution in [0.15, 0.2) is 0 Å². The van der Waals surface area contributed by atoms with Crippen molar-refractivity contribution >= 4 is 10.0 Å². The Balaban J connectivity index is 4.70. The maximum Gasteiger partial charge on any atom is 0.225 e. The van der Waals surface area contributed by atoms with E-state index in [-0.39, 0.29) is 6.54 Å². The lowest BCUT2D eigenvalue weighted by atomic mass is 9.95. The number of sulfonamides is 1. The second-order valence-corrected chi connectivity index (χ2v) is 4.93. The number of nitrogens with one attached hydrogen (secondary N) is 1. The zero-order chi connectivity index (χ0) is 11.2. The Morgan fingerprint density at radius 1 is 1.43 bits per heavy atom. The summed E-state index contributed by atoms with van der Waals surface area (Å²) in [5.41, 5.74) is 4.92. The van der Waals surface area contributed by atoms with Crippen LogP contribution in [0.5, 0.6) is 0 Å². The summed E-state index contributed by atoms with van der Waals surface area (Å²) in [4.78, 5) is 0. The molecule has 0 unspecified atom stereocenters. The van der Waals surface area contributed by atoms with Gasteiger partial charge in [-0.05, 0) is 12.8 Å². The normalized spacial score (nSPS) is 12.4. The van der Waals surface area contributed by atoms with Gasteiger partial charge < -0.3 is 5.73 Å². The van der Waals surface area contributed by atoms with Crippen molar-refractivity contribution in [1.82, 2.24) is 4.72 Å². The van der Waals surface area contributed by atoms with E-state index in [4.69, 9.17) is 11.0 Å². The van der Waals surface area contributed by atoms with E-state index >= 15 is 0 Å². The van der Waals surface area contributed by atoms with Crippen LogP contribution >= 0.6 is 0 Å². The van der Waals surface area contributed by atoms with Crippen molar-refractivity contribution < 1.29 is 8.42 Å². The summed E-state index contributed by atoms with van der Waals surface area (Å²) in [5, 5.41) is 8.32. The van der Waals surface area contributed by atoms with E-state index in [0.29, 0.717) is 12.8 Å². The van der Waals surface area contributed by atoms with E-state index in [1.807, 2.05) is 13.8 Å². The van der Waals surface area contributed by atoms with Crippen LogP contribution in [0.4, 0.5) is 0 Å². The maximum absolute atomic E-state index is 11.3. The molecule has 0 fully saturated rings. The first-order valence-corrected chi connectivity index (χ1v) is 6.19. The van der Waals surface area contributed by atoms with Gasteiger partial charge in [-0.3, -0.25) is 0 Å². The van der Waals surface area contributed by atoms with Gasteiger partial charge in [0.15, 0.2) is 5.75 Å². The van der Waals surface area contributed by atoms with Crippen LogP contribution in [-0.4, -0.2) is 26.3 Å². The molecule has 0 spiro atoms. The molecule has 14 heavy (non-hydrogen) atoms. The van der Waals surface area contributed by atoms with Gasteiger partial charge in [0.2, 0.25) is 10.0 Å². The van der Waals surface area contributed by atoms with Crippen LogP contribution in [0.25, 0.3) is 0 Å². The van der Waals surface area contributed by atoms with Crippen molar-refractivity contribution in [2.75, 3.05) is 12.3 Å². The lowest BCUT2D eigenvalue weighted by Crippen LogP contribution is -2.53. The molecule has 5 nitrogen and oxygen atoms in total. The first-order chi connectivity index (χ1) is 6.45. The molecule has 0 saturated carbocycles. The topological polar surface area (TPSA) is 96.0 Å². The zero-order valence-electron chi connectivity index (χ0n) is 8.58. The molecule has 0 aromatic carbocycles. The Bertz CT molecular complexity index is 293. The largest absolute Gasteiger partial charge is 0.329 e. The average Bonchev–Trinajstić information content (AvgIpc) is 2.14. The fourth-order valence-electron chi connectivity index (χ4n) is 1.18. The van der Waals surface area contributed by atoms with Gasteiger partial charge in [-0.2, -0.15) is 5.26 Å². The minimum absolute atomic E-state index is 0.241. The van der Waals surface area contributed by atoms with E-state index < -0.39 is 21.3 Å². The van der Waals surface area contributed by atoms with Gasteiger partial charge in [-0.15, -0.1) is 0 Å². The smallest absolute Gasteiger partial charge is 0.225 e. The summed E-state index contributed by atoms with van der Waals surface area (Å²) in [6.07, 6.45) is 1.23. The van der Waals surface area contributed by atoms with E-state index in [1.54, 1.807) is 6.07 Å². The zero-order valence-corrected chi connectivity index (χ0v) is 9.39. The van der Waals surface area contributed by atoms with Crippen LogP contribution < -0.4 is 10.5 Å². The summed E-state index contributed by atoms with van der Waals surface area (Å²) < 4.78 is 25.1. The van der Waals surface area contributed by atoms with Gasteiger partial charge in [0.25, 0.3) is 0 Å². The van der Waals surface area contributed by atoms with Gasteiger partial charge in [0, 0.05) is 12.1 Å². The Morgan fingerprint density at radius 3 is 2.21 bits per heavy atom. The maximum atomic E-state index is 11.3. The Kier molecular flexibility index (Phi) is 5.05. The monoisotopic (exact) mass is 219 g/mol. The molecule has 0 radical (unpaired) electrons. The average molecular weight is 219 g/mol. The van der Waals surface area contributed by atoms with E-state index in [2.05, 4.69) is 4.72 Å². The van der Waals surface area contributed by atoms with Crippen molar-refractivity contribution in [3.63, 3.8) is 0 Å². The molecule has 0 bridgehead atoms. The van der Waals surface area contributed by atoms with Crippen LogP contribution in [0.3, 0.4) is 0 Å². The van der Waals surface area contributed by atoms with Gasteiger partial charge >= 0.3 is 0 Å². The molecule has 82 valence electrons. The Morgan fingerprint density at radius 2 is 1.93 bits per heavy atom. The third-order valence-corrected chi connectivity index (χ3v) is 3.62. The molecular formula is C8H17N3O2S. The summed E-state index contributed by atoms with van der Waals surface area (Å²) in [5.74, 6) is -0.519. The minimum atomic E-state index is -3.52. The Hall–Kier alpha value is -0.640. The summed E-state index contributed by atoms with van der Waals surface area (Å²) in [7, 11) is -3.52. The predicted molar refractivity (Wildman–Crippen MR) is 54.9 cm³/mol. The van der Waals surface area contributed by atoms with Gasteiger partial charge in [-0.1, -0.05) is 13.8 Å². The number of hydrogen-bond acceptors (Lipinski definition) is 4. The van der Waals surface area contributed by atoms with Crippen molar-refractivity contribution in [2.24, 2.45) is 5.73 Å². The lowest BCUT2D eigenvalue weighted by Gasteiger charge is -2.30. The fraction of sp³-hybridized carbons (Fsp3) is 0.875. The van der Waals surface area contributed by atoms with Crippen LogP contribution in [0.1, 0.15) is 26.7 Å². The van der Waals surface area contributed by atoms with Gasteiger partial charge in [0.1, 0.15) is 0 Å². The summed E-state index contributed by atoms with van der Waals surface area (Å²) in [6, 6.07) is 1.61. The van der Waals surface area contributed by atoms with Crippen LogP contribution in [0, 0.1) is 11.3 Å². The van der Waals surface area contributed by atoms with E-state index in [1.165, 1.54) is 0 Å². The SMILES string of the molecule is CCC(CC)(CN)NS(=O)(=O)CC#N. The van der Waals surface area contributed by atoms with Gasteiger partial charge in [0.05, 0.1) is 6.07 Å². The first kappa shape index (κ1) is 13.4. The molecule has 0 aliphatic heterocycles. The number of nitriles is 1.